The average molecular weight is 234 g/mol. The predicted molar refractivity (Wildman–Crippen MR) is 56.5 cm³/mol. The second-order valence-corrected chi connectivity index (χ2v) is 3.82. The van der Waals surface area contributed by atoms with Crippen molar-refractivity contribution >= 4 is 5.97 Å². The first kappa shape index (κ1) is 10.2. The van der Waals surface area contributed by atoms with E-state index >= 15 is 0 Å². The Labute approximate surface area is 97.2 Å². The highest BCUT2D eigenvalue weighted by Crippen LogP contribution is 2.35. The van der Waals surface area contributed by atoms with Crippen molar-refractivity contribution in [3.8, 4) is 11.5 Å². The molecule has 2 aliphatic heterocycles. The molecule has 2 atom stereocenters. The molecular formula is C12H10O5. The number of carbonyl (C=O) groups excluding carboxylic acids is 1. The van der Waals surface area contributed by atoms with Crippen molar-refractivity contribution in [3.05, 3.63) is 35.9 Å². The molecule has 1 aromatic carbocycles. The maximum Gasteiger partial charge on any atom is 0.331 e. The molecule has 2 heterocycles. The quantitative estimate of drug-likeness (QED) is 0.771. The number of fused-ring (bicyclic) bond motifs is 1. The van der Waals surface area contributed by atoms with Gasteiger partial charge in [0.15, 0.2) is 17.6 Å². The minimum Gasteiger partial charge on any atom is -0.454 e. The first-order valence-corrected chi connectivity index (χ1v) is 5.20. The Morgan fingerprint density at radius 2 is 2.12 bits per heavy atom. The van der Waals surface area contributed by atoms with Crippen molar-refractivity contribution in [2.24, 2.45) is 0 Å². The topological polar surface area (TPSA) is 65.0 Å². The standard InChI is InChI=1S/C12H10O5/c13-11-4-3-9(17-11)12(14)7-1-2-8-10(5-7)16-6-15-8/h1-5,9,12,14H,6H2/t9-,12+/m0/s1. The van der Waals surface area contributed by atoms with Crippen molar-refractivity contribution < 1.29 is 24.1 Å². The molecule has 0 radical (unpaired) electrons. The maximum absolute atomic E-state index is 10.9. The van der Waals surface area contributed by atoms with E-state index in [4.69, 9.17) is 14.2 Å². The van der Waals surface area contributed by atoms with Crippen LogP contribution in [-0.4, -0.2) is 24.0 Å². The molecular weight excluding hydrogens is 224 g/mol. The van der Waals surface area contributed by atoms with Crippen molar-refractivity contribution in [2.45, 2.75) is 12.2 Å². The van der Waals surface area contributed by atoms with Crippen LogP contribution >= 0.6 is 0 Å². The lowest BCUT2D eigenvalue weighted by Gasteiger charge is -2.16. The van der Waals surface area contributed by atoms with Gasteiger partial charge >= 0.3 is 5.97 Å². The molecule has 1 N–H and O–H groups in total. The average Bonchev–Trinajstić information content (AvgIpc) is 2.95. The number of hydrogen-bond donors (Lipinski definition) is 1. The maximum atomic E-state index is 10.9. The van der Waals surface area contributed by atoms with Crippen LogP contribution in [0.15, 0.2) is 30.4 Å². The van der Waals surface area contributed by atoms with Crippen LogP contribution in [0, 0.1) is 0 Å². The van der Waals surface area contributed by atoms with E-state index in [-0.39, 0.29) is 6.79 Å². The van der Waals surface area contributed by atoms with E-state index in [1.807, 2.05) is 0 Å². The van der Waals surface area contributed by atoms with Crippen LogP contribution in [0.2, 0.25) is 0 Å². The van der Waals surface area contributed by atoms with Crippen molar-refractivity contribution in [1.29, 1.82) is 0 Å². The van der Waals surface area contributed by atoms with Gasteiger partial charge in [0.25, 0.3) is 0 Å². The fraction of sp³-hybridized carbons (Fsp3) is 0.250. The fourth-order valence-corrected chi connectivity index (χ4v) is 1.84. The molecule has 3 rings (SSSR count). The van der Waals surface area contributed by atoms with Gasteiger partial charge in [-0.2, -0.15) is 0 Å². The van der Waals surface area contributed by atoms with Crippen LogP contribution < -0.4 is 9.47 Å². The van der Waals surface area contributed by atoms with E-state index in [2.05, 4.69) is 0 Å². The lowest BCUT2D eigenvalue weighted by molar-refractivity contribution is -0.142. The number of rotatable bonds is 2. The highest BCUT2D eigenvalue weighted by molar-refractivity contribution is 5.84. The largest absolute Gasteiger partial charge is 0.454 e. The lowest BCUT2D eigenvalue weighted by Crippen LogP contribution is -2.18. The second kappa shape index (κ2) is 3.78. The molecule has 0 bridgehead atoms. The number of ether oxygens (including phenoxy) is 3. The van der Waals surface area contributed by atoms with Crippen molar-refractivity contribution in [2.75, 3.05) is 6.79 Å². The Kier molecular flexibility index (Phi) is 2.26. The molecule has 17 heavy (non-hydrogen) atoms. The van der Waals surface area contributed by atoms with Gasteiger partial charge in [0.05, 0.1) is 0 Å². The molecule has 0 saturated carbocycles. The van der Waals surface area contributed by atoms with Crippen LogP contribution in [0.3, 0.4) is 0 Å². The second-order valence-electron chi connectivity index (χ2n) is 3.82. The molecule has 2 aliphatic rings. The number of hydrogen-bond acceptors (Lipinski definition) is 5. The molecule has 0 fully saturated rings. The van der Waals surface area contributed by atoms with Gasteiger partial charge in [0.1, 0.15) is 6.10 Å². The minimum absolute atomic E-state index is 0.188. The van der Waals surface area contributed by atoms with Gasteiger partial charge in [-0.15, -0.1) is 0 Å². The summed E-state index contributed by atoms with van der Waals surface area (Å²) >= 11 is 0. The van der Waals surface area contributed by atoms with E-state index in [9.17, 15) is 9.90 Å². The Morgan fingerprint density at radius 1 is 1.29 bits per heavy atom. The molecule has 0 unspecified atom stereocenters. The van der Waals surface area contributed by atoms with E-state index in [1.165, 1.54) is 12.2 Å². The van der Waals surface area contributed by atoms with Crippen LogP contribution in [0.1, 0.15) is 11.7 Å². The zero-order valence-electron chi connectivity index (χ0n) is 8.83. The zero-order chi connectivity index (χ0) is 11.8. The van der Waals surface area contributed by atoms with Gasteiger partial charge < -0.3 is 19.3 Å². The summed E-state index contributed by atoms with van der Waals surface area (Å²) in [6.45, 7) is 0.188. The summed E-state index contributed by atoms with van der Waals surface area (Å²) in [7, 11) is 0. The summed E-state index contributed by atoms with van der Waals surface area (Å²) in [4.78, 5) is 10.9. The predicted octanol–water partition coefficient (Wildman–Crippen LogP) is 0.930. The molecule has 88 valence electrons. The van der Waals surface area contributed by atoms with Crippen LogP contribution in [0.4, 0.5) is 0 Å². The van der Waals surface area contributed by atoms with Gasteiger partial charge in [-0.25, -0.2) is 4.79 Å². The SMILES string of the molecule is O=C1C=C[C@@H]([C@H](O)c2ccc3c(c2)OCO3)O1. The first-order valence-electron chi connectivity index (χ1n) is 5.20. The molecule has 5 heteroatoms. The highest BCUT2D eigenvalue weighted by atomic mass is 16.7. The Balaban J connectivity index is 1.84. The van der Waals surface area contributed by atoms with Crippen LogP contribution in [-0.2, 0) is 9.53 Å². The molecule has 0 saturated heterocycles. The van der Waals surface area contributed by atoms with Gasteiger partial charge in [-0.05, 0) is 23.8 Å². The van der Waals surface area contributed by atoms with Gasteiger partial charge in [-0.1, -0.05) is 6.07 Å². The molecule has 0 aromatic heterocycles. The third kappa shape index (κ3) is 1.74. The first-order chi connectivity index (χ1) is 8.24. The molecule has 1 aromatic rings. The number of aliphatic hydroxyl groups excluding tert-OH is 1. The Morgan fingerprint density at radius 3 is 2.88 bits per heavy atom. The van der Waals surface area contributed by atoms with Crippen LogP contribution in [0.5, 0.6) is 11.5 Å². The summed E-state index contributed by atoms with van der Waals surface area (Å²) < 4.78 is 15.3. The summed E-state index contributed by atoms with van der Waals surface area (Å²) in [6.07, 6.45) is 1.31. The smallest absolute Gasteiger partial charge is 0.331 e. The fourth-order valence-electron chi connectivity index (χ4n) is 1.84. The van der Waals surface area contributed by atoms with Crippen molar-refractivity contribution in [1.82, 2.24) is 0 Å². The van der Waals surface area contributed by atoms with Gasteiger partial charge in [0.2, 0.25) is 6.79 Å². The highest BCUT2D eigenvalue weighted by Gasteiger charge is 2.27. The summed E-state index contributed by atoms with van der Waals surface area (Å²) in [6, 6.07) is 5.13. The Hall–Kier alpha value is -2.01. The number of benzene rings is 1. The van der Waals surface area contributed by atoms with Gasteiger partial charge in [0, 0.05) is 6.08 Å². The minimum atomic E-state index is -0.896. The zero-order valence-corrected chi connectivity index (χ0v) is 8.83. The molecule has 5 nitrogen and oxygen atoms in total. The van der Waals surface area contributed by atoms with E-state index in [1.54, 1.807) is 18.2 Å². The van der Waals surface area contributed by atoms with E-state index in [0.717, 1.165) is 0 Å². The third-order valence-electron chi connectivity index (χ3n) is 2.72. The summed E-state index contributed by atoms with van der Waals surface area (Å²) in [5.74, 6) is 0.810. The number of cyclic esters (lactones) is 1. The number of esters is 1. The van der Waals surface area contributed by atoms with Crippen molar-refractivity contribution in [3.63, 3.8) is 0 Å². The molecule has 0 aliphatic carbocycles. The third-order valence-corrected chi connectivity index (χ3v) is 2.72. The lowest BCUT2D eigenvalue weighted by atomic mass is 10.0. The molecule has 0 spiro atoms. The molecule has 0 amide bonds. The summed E-state index contributed by atoms with van der Waals surface area (Å²) in [5, 5.41) is 10.0. The van der Waals surface area contributed by atoms with Gasteiger partial charge in [-0.3, -0.25) is 0 Å². The van der Waals surface area contributed by atoms with Crippen LogP contribution in [0.25, 0.3) is 0 Å². The normalized spacial score (nSPS) is 22.6. The Bertz CT molecular complexity index is 494. The number of carbonyl (C=O) groups is 1. The van der Waals surface area contributed by atoms with E-state index < -0.39 is 18.2 Å². The van der Waals surface area contributed by atoms with E-state index in [0.29, 0.717) is 17.1 Å². The monoisotopic (exact) mass is 234 g/mol. The summed E-state index contributed by atoms with van der Waals surface area (Å²) in [5.41, 5.74) is 0.624. The number of aliphatic hydroxyl groups is 1.